The second kappa shape index (κ2) is 5.51. The number of hydrogen-bond donors (Lipinski definition) is 0. The molecule has 2 rings (SSSR count). The van der Waals surface area contributed by atoms with Crippen molar-refractivity contribution in [2.24, 2.45) is 0 Å². The SMILES string of the molecule is CC(C)(C)c1nnc(-c2ccc(C(F)(F)F)cc2C(C)(F)F)s1. The Balaban J connectivity index is 2.61. The van der Waals surface area contributed by atoms with Crippen molar-refractivity contribution in [2.75, 3.05) is 0 Å². The first-order valence-corrected chi connectivity index (χ1v) is 7.55. The van der Waals surface area contributed by atoms with Crippen LogP contribution in [-0.4, -0.2) is 10.2 Å². The lowest BCUT2D eigenvalue weighted by Gasteiger charge is -2.17. The van der Waals surface area contributed by atoms with Gasteiger partial charge in [0.05, 0.1) is 5.56 Å². The summed E-state index contributed by atoms with van der Waals surface area (Å²) < 4.78 is 65.9. The summed E-state index contributed by atoms with van der Waals surface area (Å²) in [6.45, 7) is 6.23. The first-order valence-electron chi connectivity index (χ1n) is 6.74. The van der Waals surface area contributed by atoms with Crippen LogP contribution in [0.2, 0.25) is 0 Å². The molecule has 0 amide bonds. The number of hydrogen-bond acceptors (Lipinski definition) is 3. The average Bonchev–Trinajstić information content (AvgIpc) is 2.85. The van der Waals surface area contributed by atoms with E-state index < -0.39 is 23.2 Å². The molecule has 0 N–H and O–H groups in total. The fourth-order valence-corrected chi connectivity index (χ4v) is 2.85. The van der Waals surface area contributed by atoms with Crippen LogP contribution in [0.1, 0.15) is 43.8 Å². The van der Waals surface area contributed by atoms with E-state index in [9.17, 15) is 22.0 Å². The number of alkyl halides is 5. The van der Waals surface area contributed by atoms with E-state index in [1.807, 2.05) is 20.8 Å². The first-order chi connectivity index (χ1) is 10.3. The molecule has 23 heavy (non-hydrogen) atoms. The molecule has 0 spiro atoms. The minimum Gasteiger partial charge on any atom is -0.202 e. The zero-order chi connectivity index (χ0) is 17.6. The van der Waals surface area contributed by atoms with E-state index >= 15 is 0 Å². The highest BCUT2D eigenvalue weighted by atomic mass is 32.1. The average molecular weight is 350 g/mol. The van der Waals surface area contributed by atoms with Crippen LogP contribution < -0.4 is 0 Å². The van der Waals surface area contributed by atoms with Crippen molar-refractivity contribution >= 4 is 11.3 Å². The van der Waals surface area contributed by atoms with Gasteiger partial charge in [-0.2, -0.15) is 13.2 Å². The van der Waals surface area contributed by atoms with Gasteiger partial charge in [-0.3, -0.25) is 0 Å². The second-order valence-corrected chi connectivity index (χ2v) is 7.29. The van der Waals surface area contributed by atoms with Crippen LogP contribution in [0.4, 0.5) is 22.0 Å². The number of halogens is 5. The third-order valence-corrected chi connectivity index (χ3v) is 4.50. The van der Waals surface area contributed by atoms with Gasteiger partial charge < -0.3 is 0 Å². The number of nitrogens with zero attached hydrogens (tertiary/aromatic N) is 2. The lowest BCUT2D eigenvalue weighted by Crippen LogP contribution is -2.13. The largest absolute Gasteiger partial charge is 0.416 e. The Kier molecular flexibility index (Phi) is 4.26. The van der Waals surface area contributed by atoms with E-state index in [0.717, 1.165) is 23.5 Å². The Morgan fingerprint density at radius 3 is 1.96 bits per heavy atom. The van der Waals surface area contributed by atoms with Gasteiger partial charge in [-0.25, -0.2) is 8.78 Å². The van der Waals surface area contributed by atoms with Gasteiger partial charge in [-0.1, -0.05) is 38.2 Å². The molecule has 0 saturated heterocycles. The van der Waals surface area contributed by atoms with E-state index in [0.29, 0.717) is 18.0 Å². The molecule has 2 nitrogen and oxygen atoms in total. The van der Waals surface area contributed by atoms with Gasteiger partial charge in [0.25, 0.3) is 5.92 Å². The Labute approximate surface area is 134 Å². The van der Waals surface area contributed by atoms with E-state index in [-0.39, 0.29) is 16.0 Å². The third-order valence-electron chi connectivity index (χ3n) is 3.12. The monoisotopic (exact) mass is 350 g/mol. The number of rotatable bonds is 2. The normalized spacial score (nSPS) is 13.4. The third kappa shape index (κ3) is 3.85. The summed E-state index contributed by atoms with van der Waals surface area (Å²) in [4.78, 5) is 0. The van der Waals surface area contributed by atoms with Crippen LogP contribution in [0.3, 0.4) is 0 Å². The quantitative estimate of drug-likeness (QED) is 0.656. The molecule has 126 valence electrons. The highest BCUT2D eigenvalue weighted by molar-refractivity contribution is 7.14. The Hall–Kier alpha value is -1.57. The smallest absolute Gasteiger partial charge is 0.202 e. The Bertz CT molecular complexity index is 708. The summed E-state index contributed by atoms with van der Waals surface area (Å²) in [5.41, 5.74) is -2.17. The molecule has 0 aliphatic carbocycles. The molecule has 1 aromatic heterocycles. The predicted octanol–water partition coefficient (Wildman–Crippen LogP) is 5.63. The van der Waals surface area contributed by atoms with Crippen molar-refractivity contribution < 1.29 is 22.0 Å². The topological polar surface area (TPSA) is 25.8 Å². The lowest BCUT2D eigenvalue weighted by atomic mass is 9.98. The van der Waals surface area contributed by atoms with Gasteiger partial charge in [-0.05, 0) is 12.1 Å². The molecule has 0 atom stereocenters. The fourth-order valence-electron chi connectivity index (χ4n) is 1.91. The fraction of sp³-hybridized carbons (Fsp3) is 0.467. The minimum atomic E-state index is -4.68. The Morgan fingerprint density at radius 1 is 0.913 bits per heavy atom. The van der Waals surface area contributed by atoms with Crippen LogP contribution in [0.15, 0.2) is 18.2 Å². The van der Waals surface area contributed by atoms with Crippen molar-refractivity contribution in [3.05, 3.63) is 34.3 Å². The minimum absolute atomic E-state index is 0.0292. The van der Waals surface area contributed by atoms with E-state index in [2.05, 4.69) is 10.2 Å². The van der Waals surface area contributed by atoms with Gasteiger partial charge in [-0.15, -0.1) is 10.2 Å². The highest BCUT2D eigenvalue weighted by Gasteiger charge is 2.36. The molecule has 0 bridgehead atoms. The van der Waals surface area contributed by atoms with Gasteiger partial charge >= 0.3 is 6.18 Å². The molecule has 2 aromatic rings. The summed E-state index contributed by atoms with van der Waals surface area (Å²) in [5.74, 6) is -3.43. The van der Waals surface area contributed by atoms with Crippen molar-refractivity contribution in [3.63, 3.8) is 0 Å². The van der Waals surface area contributed by atoms with Gasteiger partial charge in [0.15, 0.2) is 0 Å². The summed E-state index contributed by atoms with van der Waals surface area (Å²) in [5, 5.41) is 8.64. The molecule has 0 unspecified atom stereocenters. The van der Waals surface area contributed by atoms with Crippen molar-refractivity contribution in [3.8, 4) is 10.6 Å². The molecule has 0 fully saturated rings. The Morgan fingerprint density at radius 2 is 1.52 bits per heavy atom. The first kappa shape index (κ1) is 17.8. The lowest BCUT2D eigenvalue weighted by molar-refractivity contribution is -0.137. The zero-order valence-corrected chi connectivity index (χ0v) is 13.7. The van der Waals surface area contributed by atoms with Crippen molar-refractivity contribution in [2.45, 2.75) is 45.2 Å². The molecule has 1 aromatic carbocycles. The molecule has 0 aliphatic rings. The van der Waals surface area contributed by atoms with Crippen molar-refractivity contribution in [1.82, 2.24) is 10.2 Å². The summed E-state index contributed by atoms with van der Waals surface area (Å²) in [6.07, 6.45) is -4.68. The van der Waals surface area contributed by atoms with Crippen LogP contribution in [0.25, 0.3) is 10.6 Å². The predicted molar refractivity (Wildman–Crippen MR) is 78.6 cm³/mol. The maximum Gasteiger partial charge on any atom is 0.416 e. The van der Waals surface area contributed by atoms with Crippen molar-refractivity contribution in [1.29, 1.82) is 0 Å². The van der Waals surface area contributed by atoms with Gasteiger partial charge in [0, 0.05) is 23.5 Å². The molecule has 1 heterocycles. The number of benzene rings is 1. The second-order valence-electron chi connectivity index (χ2n) is 6.31. The molecular formula is C15H15F5N2S. The summed E-state index contributed by atoms with van der Waals surface area (Å²) in [6, 6.07) is 2.29. The van der Waals surface area contributed by atoms with Crippen LogP contribution in [0.5, 0.6) is 0 Å². The van der Waals surface area contributed by atoms with Crippen LogP contribution in [-0.2, 0) is 17.5 Å². The molecule has 0 aliphatic heterocycles. The van der Waals surface area contributed by atoms with Gasteiger partial charge in [0.1, 0.15) is 10.0 Å². The van der Waals surface area contributed by atoms with Crippen LogP contribution in [0, 0.1) is 0 Å². The molecule has 0 radical (unpaired) electrons. The van der Waals surface area contributed by atoms with Crippen LogP contribution >= 0.6 is 11.3 Å². The maximum atomic E-state index is 13.8. The summed E-state index contributed by atoms with van der Waals surface area (Å²) in [7, 11) is 0. The maximum absolute atomic E-state index is 13.8. The molecule has 0 saturated carbocycles. The number of aromatic nitrogens is 2. The zero-order valence-electron chi connectivity index (χ0n) is 12.9. The van der Waals surface area contributed by atoms with E-state index in [1.165, 1.54) is 0 Å². The summed E-state index contributed by atoms with van der Waals surface area (Å²) >= 11 is 1.10. The highest BCUT2D eigenvalue weighted by Crippen LogP contribution is 2.41. The standard InChI is InChI=1S/C15H15F5N2S/c1-13(2,3)12-22-21-11(23-12)9-6-5-8(15(18,19)20)7-10(9)14(4,16)17/h5-7H,1-4H3. The van der Waals surface area contributed by atoms with Gasteiger partial charge in [0.2, 0.25) is 0 Å². The molecule has 8 heteroatoms. The van der Waals surface area contributed by atoms with E-state index in [4.69, 9.17) is 0 Å². The molecular weight excluding hydrogens is 335 g/mol. The van der Waals surface area contributed by atoms with E-state index in [1.54, 1.807) is 0 Å².